The van der Waals surface area contributed by atoms with E-state index in [1.165, 1.54) is 22.9 Å². The Balaban J connectivity index is 1.80. The fourth-order valence-electron chi connectivity index (χ4n) is 3.44. The van der Waals surface area contributed by atoms with E-state index in [1.807, 2.05) is 0 Å². The summed E-state index contributed by atoms with van der Waals surface area (Å²) in [6, 6.07) is 2.87. The number of carbonyl (C=O) groups excluding carboxylic acids is 3. The van der Waals surface area contributed by atoms with Crippen LogP contribution < -0.4 is 0 Å². The van der Waals surface area contributed by atoms with Crippen molar-refractivity contribution in [3.8, 4) is 0 Å². The van der Waals surface area contributed by atoms with E-state index >= 15 is 0 Å². The minimum atomic E-state index is -0.976. The van der Waals surface area contributed by atoms with Crippen LogP contribution in [0.2, 0.25) is 0 Å². The normalized spacial score (nSPS) is 20.2. The third-order valence-electron chi connectivity index (χ3n) is 4.97. The summed E-state index contributed by atoms with van der Waals surface area (Å²) >= 11 is 0. The second-order valence-electron chi connectivity index (χ2n) is 6.13. The first-order valence-electron chi connectivity index (χ1n) is 7.59. The van der Waals surface area contributed by atoms with Gasteiger partial charge in [-0.3, -0.25) is 14.5 Å². The minimum Gasteiger partial charge on any atom is -0.338 e. The molecule has 1 aromatic carbocycles. The van der Waals surface area contributed by atoms with E-state index in [0.29, 0.717) is 0 Å². The van der Waals surface area contributed by atoms with Crippen LogP contribution in [0.3, 0.4) is 0 Å². The number of halogens is 2. The van der Waals surface area contributed by atoms with Gasteiger partial charge in [-0.25, -0.2) is 13.6 Å². The molecule has 1 spiro atoms. The van der Waals surface area contributed by atoms with Crippen LogP contribution in [0.4, 0.5) is 13.6 Å². The first-order chi connectivity index (χ1) is 11.3. The first-order valence-corrected chi connectivity index (χ1v) is 7.59. The molecular formula is C16H17F2N3O3. The maximum atomic E-state index is 13.8. The summed E-state index contributed by atoms with van der Waals surface area (Å²) in [4.78, 5) is 40.5. The van der Waals surface area contributed by atoms with Gasteiger partial charge in [-0.1, -0.05) is 6.07 Å². The van der Waals surface area contributed by atoms with Crippen molar-refractivity contribution in [2.24, 2.45) is 0 Å². The molecule has 0 aliphatic carbocycles. The van der Waals surface area contributed by atoms with Crippen molar-refractivity contribution in [1.29, 1.82) is 0 Å². The molecule has 128 valence electrons. The maximum Gasteiger partial charge on any atom is 0.327 e. The van der Waals surface area contributed by atoms with Crippen LogP contribution in [0.1, 0.15) is 23.2 Å². The van der Waals surface area contributed by atoms with Gasteiger partial charge in [0.05, 0.1) is 0 Å². The first kappa shape index (κ1) is 16.4. The van der Waals surface area contributed by atoms with Gasteiger partial charge in [-0.05, 0) is 25.0 Å². The van der Waals surface area contributed by atoms with Crippen molar-refractivity contribution in [1.82, 2.24) is 14.7 Å². The van der Waals surface area contributed by atoms with E-state index in [4.69, 9.17) is 0 Å². The van der Waals surface area contributed by atoms with Crippen LogP contribution in [-0.4, -0.2) is 65.3 Å². The van der Waals surface area contributed by atoms with Crippen molar-refractivity contribution in [2.45, 2.75) is 18.4 Å². The van der Waals surface area contributed by atoms with Gasteiger partial charge in [-0.2, -0.15) is 0 Å². The Bertz CT molecular complexity index is 709. The highest BCUT2D eigenvalue weighted by Crippen LogP contribution is 2.35. The number of hydrogen-bond donors (Lipinski definition) is 0. The molecule has 8 heteroatoms. The number of likely N-dealkylation sites (tertiary alicyclic amines) is 1. The van der Waals surface area contributed by atoms with Gasteiger partial charge in [-0.15, -0.1) is 0 Å². The standard InChI is InChI=1S/C16H17F2N3O3/c1-19-14(23)16(20(2)15(19)24)6-8-21(9-7-16)13(22)12-10(17)4-3-5-11(12)18/h3-5H,6-9H2,1-2H3. The lowest BCUT2D eigenvalue weighted by atomic mass is 9.86. The van der Waals surface area contributed by atoms with Gasteiger partial charge in [0.15, 0.2) is 0 Å². The lowest BCUT2D eigenvalue weighted by molar-refractivity contribution is -0.134. The molecule has 2 fully saturated rings. The van der Waals surface area contributed by atoms with Crippen LogP contribution in [-0.2, 0) is 4.79 Å². The Labute approximate surface area is 137 Å². The highest BCUT2D eigenvalue weighted by molar-refractivity contribution is 6.06. The Hall–Kier alpha value is -2.51. The van der Waals surface area contributed by atoms with Gasteiger partial charge in [0.2, 0.25) is 0 Å². The molecule has 4 amide bonds. The summed E-state index contributed by atoms with van der Waals surface area (Å²) in [5.41, 5.74) is -1.57. The molecule has 0 bridgehead atoms. The third-order valence-corrected chi connectivity index (χ3v) is 4.97. The fraction of sp³-hybridized carbons (Fsp3) is 0.438. The molecule has 0 atom stereocenters. The lowest BCUT2D eigenvalue weighted by Crippen LogP contribution is -2.56. The van der Waals surface area contributed by atoms with Crippen LogP contribution in [0, 0.1) is 11.6 Å². The zero-order valence-corrected chi connectivity index (χ0v) is 13.4. The number of hydrogen-bond acceptors (Lipinski definition) is 3. The number of piperidine rings is 1. The van der Waals surface area contributed by atoms with Gasteiger partial charge in [0, 0.05) is 27.2 Å². The molecule has 1 aromatic rings. The second kappa shape index (κ2) is 5.54. The van der Waals surface area contributed by atoms with E-state index in [1.54, 1.807) is 7.05 Å². The number of rotatable bonds is 1. The van der Waals surface area contributed by atoms with Crippen molar-refractivity contribution in [3.63, 3.8) is 0 Å². The smallest absolute Gasteiger partial charge is 0.327 e. The molecule has 2 aliphatic heterocycles. The molecule has 0 unspecified atom stereocenters. The fourth-order valence-corrected chi connectivity index (χ4v) is 3.44. The zero-order chi connectivity index (χ0) is 17.6. The SMILES string of the molecule is CN1C(=O)N(C)C2(CCN(C(=O)c3c(F)cccc3F)CC2)C1=O. The largest absolute Gasteiger partial charge is 0.338 e. The van der Waals surface area contributed by atoms with Crippen molar-refractivity contribution in [3.05, 3.63) is 35.4 Å². The van der Waals surface area contributed by atoms with E-state index in [-0.39, 0.29) is 37.9 Å². The number of urea groups is 1. The topological polar surface area (TPSA) is 60.9 Å². The predicted octanol–water partition coefficient (Wildman–Crippen LogP) is 1.46. The Morgan fingerprint density at radius 2 is 1.62 bits per heavy atom. The van der Waals surface area contributed by atoms with Crippen LogP contribution >= 0.6 is 0 Å². The monoisotopic (exact) mass is 337 g/mol. The van der Waals surface area contributed by atoms with Crippen molar-refractivity contribution < 1.29 is 23.2 Å². The number of carbonyl (C=O) groups is 3. The highest BCUT2D eigenvalue weighted by Gasteiger charge is 2.55. The molecule has 0 aromatic heterocycles. The summed E-state index contributed by atoms with van der Waals surface area (Å²) in [7, 11) is 2.97. The summed E-state index contributed by atoms with van der Waals surface area (Å²) in [5, 5.41) is 0. The summed E-state index contributed by atoms with van der Waals surface area (Å²) in [5.74, 6) is -2.87. The van der Waals surface area contributed by atoms with E-state index < -0.39 is 28.6 Å². The van der Waals surface area contributed by atoms with Gasteiger partial charge >= 0.3 is 6.03 Å². The van der Waals surface area contributed by atoms with E-state index in [9.17, 15) is 23.2 Å². The molecule has 24 heavy (non-hydrogen) atoms. The van der Waals surface area contributed by atoms with Crippen molar-refractivity contribution in [2.75, 3.05) is 27.2 Å². The van der Waals surface area contributed by atoms with Gasteiger partial charge < -0.3 is 9.80 Å². The van der Waals surface area contributed by atoms with E-state index in [2.05, 4.69) is 0 Å². The quantitative estimate of drug-likeness (QED) is 0.729. The zero-order valence-electron chi connectivity index (χ0n) is 13.4. The van der Waals surface area contributed by atoms with Crippen LogP contribution in [0.15, 0.2) is 18.2 Å². The molecule has 0 saturated carbocycles. The molecule has 0 N–H and O–H groups in total. The number of amides is 4. The number of benzene rings is 1. The summed E-state index contributed by atoms with van der Waals surface area (Å²) in [6.07, 6.45) is 0.473. The summed E-state index contributed by atoms with van der Waals surface area (Å²) in [6.45, 7) is 0.285. The Morgan fingerprint density at radius 3 is 2.08 bits per heavy atom. The van der Waals surface area contributed by atoms with Crippen LogP contribution in [0.5, 0.6) is 0 Å². The number of likely N-dealkylation sites (N-methyl/N-ethyl adjacent to an activating group) is 2. The molecule has 6 nitrogen and oxygen atoms in total. The Kier molecular flexibility index (Phi) is 3.77. The highest BCUT2D eigenvalue weighted by atomic mass is 19.1. The van der Waals surface area contributed by atoms with E-state index in [0.717, 1.165) is 17.0 Å². The lowest BCUT2D eigenvalue weighted by Gasteiger charge is -2.40. The third kappa shape index (κ3) is 2.16. The molecular weight excluding hydrogens is 320 g/mol. The Morgan fingerprint density at radius 1 is 1.08 bits per heavy atom. The van der Waals surface area contributed by atoms with Gasteiger partial charge in [0.1, 0.15) is 22.7 Å². The van der Waals surface area contributed by atoms with Crippen molar-refractivity contribution >= 4 is 17.8 Å². The maximum absolute atomic E-state index is 13.8. The molecule has 2 heterocycles. The molecule has 2 saturated heterocycles. The molecule has 2 aliphatic rings. The summed E-state index contributed by atoms with van der Waals surface area (Å²) < 4.78 is 27.6. The second-order valence-corrected chi connectivity index (χ2v) is 6.13. The molecule has 3 rings (SSSR count). The molecule has 0 radical (unpaired) electrons. The minimum absolute atomic E-state index is 0.143. The average Bonchev–Trinajstić information content (AvgIpc) is 2.72. The van der Waals surface area contributed by atoms with Gasteiger partial charge in [0.25, 0.3) is 11.8 Å². The number of imide groups is 1. The van der Waals surface area contributed by atoms with Crippen LogP contribution in [0.25, 0.3) is 0 Å². The number of nitrogens with zero attached hydrogens (tertiary/aromatic N) is 3. The average molecular weight is 337 g/mol. The predicted molar refractivity (Wildman–Crippen MR) is 80.2 cm³/mol.